The summed E-state index contributed by atoms with van der Waals surface area (Å²) in [6.07, 6.45) is 0.897. The maximum atomic E-state index is 5.89. The van der Waals surface area contributed by atoms with Gasteiger partial charge in [0.25, 0.3) is 0 Å². The molecule has 1 aromatic rings. The fraction of sp³-hybridized carbons (Fsp3) is 0.333. The van der Waals surface area contributed by atoms with Crippen LogP contribution in [0.25, 0.3) is 0 Å². The van der Waals surface area contributed by atoms with Crippen LogP contribution in [0.15, 0.2) is 17.0 Å². The smallest absolute Gasteiger partial charge is 0.162 e. The number of hydrogen-bond donors (Lipinski definition) is 1. The molecule has 0 spiro atoms. The first kappa shape index (κ1) is 9.03. The van der Waals surface area contributed by atoms with Gasteiger partial charge in [0.2, 0.25) is 0 Å². The number of ether oxygens (including phenoxy) is 2. The topological polar surface area (TPSA) is 18.5 Å². The molecule has 0 N–H and O–H groups in total. The van der Waals surface area contributed by atoms with E-state index in [4.69, 9.17) is 21.1 Å². The molecule has 1 aliphatic heterocycles. The van der Waals surface area contributed by atoms with Crippen molar-refractivity contribution in [3.63, 3.8) is 0 Å². The van der Waals surface area contributed by atoms with Crippen LogP contribution in [0.4, 0.5) is 0 Å². The molecule has 2 nitrogen and oxygen atoms in total. The van der Waals surface area contributed by atoms with Crippen molar-refractivity contribution < 1.29 is 9.47 Å². The van der Waals surface area contributed by atoms with E-state index in [1.807, 2.05) is 0 Å². The van der Waals surface area contributed by atoms with Crippen molar-refractivity contribution in [2.24, 2.45) is 0 Å². The highest BCUT2D eigenvalue weighted by molar-refractivity contribution is 7.80. The van der Waals surface area contributed by atoms with E-state index in [0.29, 0.717) is 28.9 Å². The first-order chi connectivity index (χ1) is 6.27. The zero-order chi connectivity index (χ0) is 9.26. The Bertz CT molecular complexity index is 297. The van der Waals surface area contributed by atoms with Crippen molar-refractivity contribution in [2.45, 2.75) is 11.3 Å². The zero-order valence-electron chi connectivity index (χ0n) is 6.92. The van der Waals surface area contributed by atoms with Gasteiger partial charge >= 0.3 is 0 Å². The van der Waals surface area contributed by atoms with Gasteiger partial charge in [0.15, 0.2) is 11.5 Å². The summed E-state index contributed by atoms with van der Waals surface area (Å²) in [6.45, 7) is 1.36. The molecule has 70 valence electrons. The standard InChI is InChI=1S/C9H9ClO2S/c10-6-4-7-8(5-9(6)13)12-3-1-2-11-7/h4-5,13H,1-3H2. The second-order valence-corrected chi connectivity index (χ2v) is 3.69. The molecule has 1 aromatic carbocycles. The molecule has 0 aliphatic carbocycles. The van der Waals surface area contributed by atoms with Crippen molar-refractivity contribution in [3.8, 4) is 11.5 Å². The van der Waals surface area contributed by atoms with Crippen molar-refractivity contribution in [1.29, 1.82) is 0 Å². The zero-order valence-corrected chi connectivity index (χ0v) is 8.57. The Balaban J connectivity index is 2.43. The van der Waals surface area contributed by atoms with Gasteiger partial charge in [-0.2, -0.15) is 0 Å². The van der Waals surface area contributed by atoms with Crippen molar-refractivity contribution in [1.82, 2.24) is 0 Å². The number of rotatable bonds is 0. The Hall–Kier alpha value is -0.540. The summed E-state index contributed by atoms with van der Waals surface area (Å²) in [5.74, 6) is 1.44. The predicted molar refractivity (Wildman–Crippen MR) is 54.3 cm³/mol. The van der Waals surface area contributed by atoms with Crippen LogP contribution in [0.1, 0.15) is 6.42 Å². The van der Waals surface area contributed by atoms with E-state index in [2.05, 4.69) is 12.6 Å². The van der Waals surface area contributed by atoms with Crippen molar-refractivity contribution in [2.75, 3.05) is 13.2 Å². The molecule has 0 fully saturated rings. The number of halogens is 1. The Morgan fingerprint density at radius 3 is 2.46 bits per heavy atom. The Kier molecular flexibility index (Phi) is 2.56. The molecular weight excluding hydrogens is 208 g/mol. The molecule has 0 amide bonds. The molecular formula is C9H9ClO2S. The predicted octanol–water partition coefficient (Wildman–Crippen LogP) is 2.79. The summed E-state index contributed by atoms with van der Waals surface area (Å²) >= 11 is 10.1. The lowest BCUT2D eigenvalue weighted by Crippen LogP contribution is -1.97. The van der Waals surface area contributed by atoms with Crippen LogP contribution in [0, 0.1) is 0 Å². The van der Waals surface area contributed by atoms with Crippen molar-refractivity contribution in [3.05, 3.63) is 17.2 Å². The Morgan fingerprint density at radius 1 is 1.15 bits per heavy atom. The largest absolute Gasteiger partial charge is 0.490 e. The van der Waals surface area contributed by atoms with Crippen LogP contribution in [-0.2, 0) is 0 Å². The van der Waals surface area contributed by atoms with Gasteiger partial charge in [-0.15, -0.1) is 12.6 Å². The van der Waals surface area contributed by atoms with E-state index in [9.17, 15) is 0 Å². The van der Waals surface area contributed by atoms with Crippen LogP contribution < -0.4 is 9.47 Å². The van der Waals surface area contributed by atoms with Gasteiger partial charge in [-0.3, -0.25) is 0 Å². The van der Waals surface area contributed by atoms with E-state index < -0.39 is 0 Å². The van der Waals surface area contributed by atoms with Gasteiger partial charge in [0, 0.05) is 17.4 Å². The van der Waals surface area contributed by atoms with E-state index in [1.165, 1.54) is 0 Å². The lowest BCUT2D eigenvalue weighted by Gasteiger charge is -2.08. The molecule has 1 heterocycles. The maximum absolute atomic E-state index is 5.89. The quantitative estimate of drug-likeness (QED) is 0.673. The van der Waals surface area contributed by atoms with Crippen LogP contribution in [0.3, 0.4) is 0 Å². The summed E-state index contributed by atoms with van der Waals surface area (Å²) in [5.41, 5.74) is 0. The van der Waals surface area contributed by atoms with Crippen molar-refractivity contribution >= 4 is 24.2 Å². The van der Waals surface area contributed by atoms with Crippen LogP contribution in [-0.4, -0.2) is 13.2 Å². The van der Waals surface area contributed by atoms with Gasteiger partial charge < -0.3 is 9.47 Å². The minimum atomic E-state index is 0.590. The minimum absolute atomic E-state index is 0.590. The average Bonchev–Trinajstić information content (AvgIpc) is 2.31. The van der Waals surface area contributed by atoms with Crippen LogP contribution in [0.2, 0.25) is 5.02 Å². The third-order valence-electron chi connectivity index (χ3n) is 1.82. The van der Waals surface area contributed by atoms with E-state index in [0.717, 1.165) is 12.2 Å². The highest BCUT2D eigenvalue weighted by atomic mass is 35.5. The van der Waals surface area contributed by atoms with Crippen LogP contribution in [0.5, 0.6) is 11.5 Å². The summed E-state index contributed by atoms with van der Waals surface area (Å²) in [7, 11) is 0. The lowest BCUT2D eigenvalue weighted by molar-refractivity contribution is 0.297. The SMILES string of the molecule is Sc1cc2c(cc1Cl)OCCCO2. The van der Waals surface area contributed by atoms with E-state index >= 15 is 0 Å². The number of thiol groups is 1. The minimum Gasteiger partial charge on any atom is -0.490 e. The summed E-state index contributed by atoms with van der Waals surface area (Å²) in [6, 6.07) is 3.52. The third kappa shape index (κ3) is 1.86. The Labute approximate surface area is 87.2 Å². The summed E-state index contributed by atoms with van der Waals surface area (Å²) in [4.78, 5) is 0.714. The second-order valence-electron chi connectivity index (χ2n) is 2.80. The first-order valence-electron chi connectivity index (χ1n) is 4.05. The lowest BCUT2D eigenvalue weighted by atomic mass is 10.3. The van der Waals surface area contributed by atoms with Gasteiger partial charge in [0.05, 0.1) is 18.2 Å². The molecule has 4 heteroatoms. The summed E-state index contributed by atoms with van der Waals surface area (Å²) < 4.78 is 10.9. The molecule has 0 atom stereocenters. The highest BCUT2D eigenvalue weighted by Crippen LogP contribution is 2.36. The highest BCUT2D eigenvalue weighted by Gasteiger charge is 2.12. The fourth-order valence-electron chi connectivity index (χ4n) is 1.17. The van der Waals surface area contributed by atoms with Crippen LogP contribution >= 0.6 is 24.2 Å². The molecule has 0 bridgehead atoms. The number of fused-ring (bicyclic) bond motifs is 1. The van der Waals surface area contributed by atoms with E-state index in [1.54, 1.807) is 12.1 Å². The molecule has 0 saturated carbocycles. The molecule has 0 unspecified atom stereocenters. The summed E-state index contributed by atoms with van der Waals surface area (Å²) in [5, 5.41) is 0.590. The van der Waals surface area contributed by atoms with Gasteiger partial charge in [-0.05, 0) is 6.07 Å². The van der Waals surface area contributed by atoms with Gasteiger partial charge in [-0.1, -0.05) is 11.6 Å². The third-order valence-corrected chi connectivity index (χ3v) is 2.63. The molecule has 0 radical (unpaired) electrons. The fourth-order valence-corrected chi connectivity index (χ4v) is 1.51. The first-order valence-corrected chi connectivity index (χ1v) is 4.88. The van der Waals surface area contributed by atoms with Gasteiger partial charge in [0.1, 0.15) is 0 Å². The second kappa shape index (κ2) is 3.68. The van der Waals surface area contributed by atoms with Gasteiger partial charge in [-0.25, -0.2) is 0 Å². The normalized spacial score (nSPS) is 15.2. The number of hydrogen-bond acceptors (Lipinski definition) is 3. The monoisotopic (exact) mass is 216 g/mol. The molecule has 0 saturated heterocycles. The van der Waals surface area contributed by atoms with E-state index in [-0.39, 0.29) is 0 Å². The molecule has 1 aliphatic rings. The number of benzene rings is 1. The molecule has 13 heavy (non-hydrogen) atoms. The molecule has 2 rings (SSSR count). The Morgan fingerprint density at radius 2 is 1.77 bits per heavy atom. The molecule has 0 aromatic heterocycles. The average molecular weight is 217 g/mol. The maximum Gasteiger partial charge on any atom is 0.162 e.